The number of nitrogens with zero attached hydrogens (tertiary/aromatic N) is 3. The van der Waals surface area contributed by atoms with E-state index in [-0.39, 0.29) is 0 Å². The van der Waals surface area contributed by atoms with Crippen LogP contribution in [0.25, 0.3) is 45.0 Å². The number of hydrogen-bond donors (Lipinski definition) is 0. The highest BCUT2D eigenvalue weighted by atomic mass is 14.9. The zero-order valence-corrected chi connectivity index (χ0v) is 17.2. The van der Waals surface area contributed by atoms with Gasteiger partial charge in [0.05, 0.1) is 22.8 Å². The maximum absolute atomic E-state index is 5.21. The van der Waals surface area contributed by atoms with Gasteiger partial charge in [-0.15, -0.1) is 0 Å². The SMILES string of the molecule is Cc1ccc(-c2nc(-c3ccncc3)c(-c3ccccc3)nc2-c2ccccc2)cc1. The molecule has 0 saturated heterocycles. The van der Waals surface area contributed by atoms with Gasteiger partial charge in [-0.05, 0) is 19.1 Å². The quantitative estimate of drug-likeness (QED) is 0.332. The minimum atomic E-state index is 0.851. The van der Waals surface area contributed by atoms with E-state index in [9.17, 15) is 0 Å². The molecule has 2 heterocycles. The van der Waals surface area contributed by atoms with E-state index in [1.807, 2.05) is 48.5 Å². The molecule has 0 aliphatic carbocycles. The highest BCUT2D eigenvalue weighted by molar-refractivity contribution is 5.86. The minimum absolute atomic E-state index is 0.851. The van der Waals surface area contributed by atoms with E-state index in [4.69, 9.17) is 9.97 Å². The number of aryl methyl sites for hydroxylation is 1. The molecule has 2 aromatic heterocycles. The second-order valence-corrected chi connectivity index (χ2v) is 7.45. The van der Waals surface area contributed by atoms with Gasteiger partial charge in [0.15, 0.2) is 0 Å². The average molecular weight is 399 g/mol. The first-order valence-corrected chi connectivity index (χ1v) is 10.3. The molecule has 0 aliphatic heterocycles. The Morgan fingerprint density at radius 2 is 0.806 bits per heavy atom. The predicted octanol–water partition coefficient (Wildman–Crippen LogP) is 6.85. The zero-order valence-electron chi connectivity index (χ0n) is 17.2. The highest BCUT2D eigenvalue weighted by Crippen LogP contribution is 2.36. The molecule has 0 fully saturated rings. The third-order valence-corrected chi connectivity index (χ3v) is 5.27. The fourth-order valence-corrected chi connectivity index (χ4v) is 3.65. The highest BCUT2D eigenvalue weighted by Gasteiger charge is 2.19. The summed E-state index contributed by atoms with van der Waals surface area (Å²) in [7, 11) is 0. The molecule has 0 aliphatic rings. The Bertz CT molecular complexity index is 1300. The van der Waals surface area contributed by atoms with Crippen molar-refractivity contribution in [1.29, 1.82) is 0 Å². The van der Waals surface area contributed by atoms with Crippen LogP contribution < -0.4 is 0 Å². The van der Waals surface area contributed by atoms with Gasteiger partial charge in [-0.25, -0.2) is 9.97 Å². The molecule has 148 valence electrons. The zero-order chi connectivity index (χ0) is 21.0. The van der Waals surface area contributed by atoms with Crippen molar-refractivity contribution >= 4 is 0 Å². The van der Waals surface area contributed by atoms with Gasteiger partial charge in [0.2, 0.25) is 0 Å². The molecule has 0 spiro atoms. The maximum atomic E-state index is 5.21. The van der Waals surface area contributed by atoms with Crippen molar-refractivity contribution < 1.29 is 0 Å². The van der Waals surface area contributed by atoms with Crippen molar-refractivity contribution in [3.8, 4) is 45.0 Å². The van der Waals surface area contributed by atoms with Crippen LogP contribution in [0.5, 0.6) is 0 Å². The molecule has 3 heteroatoms. The van der Waals surface area contributed by atoms with Crippen molar-refractivity contribution in [2.75, 3.05) is 0 Å². The molecular formula is C28H21N3. The van der Waals surface area contributed by atoms with E-state index in [0.29, 0.717) is 0 Å². The Kier molecular flexibility index (Phi) is 5.07. The second kappa shape index (κ2) is 8.33. The number of hydrogen-bond acceptors (Lipinski definition) is 3. The second-order valence-electron chi connectivity index (χ2n) is 7.45. The molecule has 3 nitrogen and oxygen atoms in total. The van der Waals surface area contributed by atoms with Crippen LogP contribution >= 0.6 is 0 Å². The molecular weight excluding hydrogens is 378 g/mol. The van der Waals surface area contributed by atoms with Gasteiger partial charge < -0.3 is 0 Å². The van der Waals surface area contributed by atoms with Crippen LogP contribution in [0.1, 0.15) is 5.56 Å². The van der Waals surface area contributed by atoms with Crippen LogP contribution in [0.2, 0.25) is 0 Å². The topological polar surface area (TPSA) is 38.7 Å². The van der Waals surface area contributed by atoms with Gasteiger partial charge in [0, 0.05) is 34.6 Å². The number of benzene rings is 3. The molecule has 0 bridgehead atoms. The van der Waals surface area contributed by atoms with E-state index in [1.165, 1.54) is 5.56 Å². The Morgan fingerprint density at radius 1 is 0.419 bits per heavy atom. The van der Waals surface area contributed by atoms with Crippen molar-refractivity contribution in [2.45, 2.75) is 6.92 Å². The molecule has 0 radical (unpaired) electrons. The van der Waals surface area contributed by atoms with Gasteiger partial charge in [-0.1, -0.05) is 90.5 Å². The summed E-state index contributed by atoms with van der Waals surface area (Å²) in [5, 5.41) is 0. The molecule has 0 atom stereocenters. The number of aromatic nitrogens is 3. The van der Waals surface area contributed by atoms with Gasteiger partial charge in [-0.3, -0.25) is 4.98 Å². The van der Waals surface area contributed by atoms with Crippen molar-refractivity contribution in [2.24, 2.45) is 0 Å². The first kappa shape index (κ1) is 18.9. The van der Waals surface area contributed by atoms with E-state index in [2.05, 4.69) is 60.4 Å². The summed E-state index contributed by atoms with van der Waals surface area (Å²) < 4.78 is 0. The molecule has 3 aromatic carbocycles. The third kappa shape index (κ3) is 3.86. The summed E-state index contributed by atoms with van der Waals surface area (Å²) in [6.45, 7) is 2.09. The van der Waals surface area contributed by atoms with Crippen molar-refractivity contribution in [3.63, 3.8) is 0 Å². The van der Waals surface area contributed by atoms with Crippen LogP contribution in [0.3, 0.4) is 0 Å². The summed E-state index contributed by atoms with van der Waals surface area (Å²) in [5.74, 6) is 0. The normalized spacial score (nSPS) is 10.7. The average Bonchev–Trinajstić information content (AvgIpc) is 2.85. The van der Waals surface area contributed by atoms with Crippen LogP contribution in [0, 0.1) is 6.92 Å². The van der Waals surface area contributed by atoms with Gasteiger partial charge in [0.25, 0.3) is 0 Å². The van der Waals surface area contributed by atoms with Gasteiger partial charge in [0.1, 0.15) is 0 Å². The van der Waals surface area contributed by atoms with E-state index in [1.54, 1.807) is 12.4 Å². The Labute approximate surface area is 182 Å². The molecule has 31 heavy (non-hydrogen) atoms. The molecule has 0 saturated carbocycles. The van der Waals surface area contributed by atoms with Crippen LogP contribution in [-0.4, -0.2) is 15.0 Å². The van der Waals surface area contributed by atoms with Gasteiger partial charge >= 0.3 is 0 Å². The smallest absolute Gasteiger partial charge is 0.0974 e. The van der Waals surface area contributed by atoms with E-state index >= 15 is 0 Å². The fourth-order valence-electron chi connectivity index (χ4n) is 3.65. The minimum Gasteiger partial charge on any atom is -0.265 e. The molecule has 5 aromatic rings. The van der Waals surface area contributed by atoms with Gasteiger partial charge in [-0.2, -0.15) is 0 Å². The lowest BCUT2D eigenvalue weighted by molar-refractivity contribution is 1.21. The largest absolute Gasteiger partial charge is 0.265 e. The van der Waals surface area contributed by atoms with Crippen LogP contribution in [0.15, 0.2) is 109 Å². The number of rotatable bonds is 4. The van der Waals surface area contributed by atoms with Crippen molar-refractivity contribution in [1.82, 2.24) is 15.0 Å². The lowest BCUT2D eigenvalue weighted by Crippen LogP contribution is -2.00. The van der Waals surface area contributed by atoms with E-state index < -0.39 is 0 Å². The third-order valence-electron chi connectivity index (χ3n) is 5.27. The maximum Gasteiger partial charge on any atom is 0.0974 e. The molecule has 0 unspecified atom stereocenters. The Hall–Kier alpha value is -4.11. The summed E-state index contributed by atoms with van der Waals surface area (Å²) in [6, 6.07) is 32.9. The Balaban J connectivity index is 1.84. The summed E-state index contributed by atoms with van der Waals surface area (Å²) in [6.07, 6.45) is 3.59. The fraction of sp³-hybridized carbons (Fsp3) is 0.0357. The Morgan fingerprint density at radius 3 is 1.26 bits per heavy atom. The first-order chi connectivity index (χ1) is 15.3. The predicted molar refractivity (Wildman–Crippen MR) is 126 cm³/mol. The molecule has 0 amide bonds. The summed E-state index contributed by atoms with van der Waals surface area (Å²) in [4.78, 5) is 14.6. The molecule has 5 rings (SSSR count). The van der Waals surface area contributed by atoms with Crippen LogP contribution in [-0.2, 0) is 0 Å². The van der Waals surface area contributed by atoms with Crippen LogP contribution in [0.4, 0.5) is 0 Å². The monoisotopic (exact) mass is 399 g/mol. The summed E-state index contributed by atoms with van der Waals surface area (Å²) in [5.41, 5.74) is 8.80. The lowest BCUT2D eigenvalue weighted by Gasteiger charge is -2.16. The standard InChI is InChI=1S/C28H21N3/c1-20-12-14-23(15-13-20)27-25(21-8-4-2-5-9-21)30-26(22-10-6-3-7-11-22)28(31-27)24-16-18-29-19-17-24/h2-19H,1H3. The van der Waals surface area contributed by atoms with E-state index in [0.717, 1.165) is 45.0 Å². The van der Waals surface area contributed by atoms with Crippen molar-refractivity contribution in [3.05, 3.63) is 115 Å². The molecule has 0 N–H and O–H groups in total. The summed E-state index contributed by atoms with van der Waals surface area (Å²) >= 11 is 0. The number of pyridine rings is 1. The first-order valence-electron chi connectivity index (χ1n) is 10.3. The lowest BCUT2D eigenvalue weighted by atomic mass is 9.99.